The SMILES string of the molecule is Cc1nc2ccccn2c1-c1ccnc(N(C)c2ccc(CC=O)cc2)n1. The van der Waals surface area contributed by atoms with Gasteiger partial charge in [-0.1, -0.05) is 18.2 Å². The van der Waals surface area contributed by atoms with E-state index >= 15 is 0 Å². The second-order valence-corrected chi connectivity index (χ2v) is 6.31. The number of pyridine rings is 1. The fourth-order valence-electron chi connectivity index (χ4n) is 3.13. The fourth-order valence-corrected chi connectivity index (χ4v) is 3.13. The Morgan fingerprint density at radius 1 is 1.07 bits per heavy atom. The fraction of sp³-hybridized carbons (Fsp3) is 0.143. The van der Waals surface area contributed by atoms with E-state index in [9.17, 15) is 4.79 Å². The molecular weight excluding hydrogens is 338 g/mol. The largest absolute Gasteiger partial charge is 0.314 e. The van der Waals surface area contributed by atoms with Crippen LogP contribution in [0.15, 0.2) is 60.9 Å². The van der Waals surface area contributed by atoms with Gasteiger partial charge in [-0.05, 0) is 42.8 Å². The third-order valence-electron chi connectivity index (χ3n) is 4.53. The third-order valence-corrected chi connectivity index (χ3v) is 4.53. The van der Waals surface area contributed by atoms with Crippen LogP contribution >= 0.6 is 0 Å². The van der Waals surface area contributed by atoms with Crippen molar-refractivity contribution in [2.45, 2.75) is 13.3 Å². The van der Waals surface area contributed by atoms with Crippen LogP contribution < -0.4 is 4.90 Å². The first-order valence-electron chi connectivity index (χ1n) is 8.71. The summed E-state index contributed by atoms with van der Waals surface area (Å²) < 4.78 is 2.04. The maximum atomic E-state index is 10.6. The Bertz CT molecular complexity index is 1100. The van der Waals surface area contributed by atoms with Crippen molar-refractivity contribution in [2.75, 3.05) is 11.9 Å². The highest BCUT2D eigenvalue weighted by Crippen LogP contribution is 2.26. The number of nitrogens with zero attached hydrogens (tertiary/aromatic N) is 5. The van der Waals surface area contributed by atoms with Crippen molar-refractivity contribution in [3.63, 3.8) is 0 Å². The van der Waals surface area contributed by atoms with Crippen molar-refractivity contribution in [2.24, 2.45) is 0 Å². The number of aldehydes is 1. The van der Waals surface area contributed by atoms with Crippen LogP contribution in [0, 0.1) is 6.92 Å². The van der Waals surface area contributed by atoms with Crippen molar-refractivity contribution in [1.29, 1.82) is 0 Å². The van der Waals surface area contributed by atoms with E-state index in [-0.39, 0.29) is 0 Å². The first-order chi connectivity index (χ1) is 13.2. The molecule has 4 aromatic rings. The molecule has 3 heterocycles. The standard InChI is InChI=1S/C21H19N5O/c1-15-20(26-13-4-3-5-19(26)23-15)18-10-12-22-21(24-18)25(2)17-8-6-16(7-9-17)11-14-27/h3-10,12-14H,11H2,1-2H3. The molecule has 6 nitrogen and oxygen atoms in total. The van der Waals surface area contributed by atoms with Crippen LogP contribution in [-0.4, -0.2) is 32.7 Å². The summed E-state index contributed by atoms with van der Waals surface area (Å²) in [5.74, 6) is 0.598. The molecule has 0 aliphatic heterocycles. The molecule has 6 heteroatoms. The number of imidazole rings is 1. The molecule has 0 radical (unpaired) electrons. The molecule has 27 heavy (non-hydrogen) atoms. The van der Waals surface area contributed by atoms with Crippen LogP contribution in [-0.2, 0) is 11.2 Å². The molecule has 0 N–H and O–H groups in total. The average Bonchev–Trinajstić information content (AvgIpc) is 3.04. The van der Waals surface area contributed by atoms with Crippen molar-refractivity contribution in [3.05, 3.63) is 72.2 Å². The van der Waals surface area contributed by atoms with Crippen molar-refractivity contribution < 1.29 is 4.79 Å². The summed E-state index contributed by atoms with van der Waals surface area (Å²) in [4.78, 5) is 26.4. The molecule has 0 amide bonds. The van der Waals surface area contributed by atoms with Gasteiger partial charge in [-0.3, -0.25) is 4.40 Å². The van der Waals surface area contributed by atoms with E-state index in [0.717, 1.165) is 40.3 Å². The maximum Gasteiger partial charge on any atom is 0.230 e. The van der Waals surface area contributed by atoms with Gasteiger partial charge < -0.3 is 9.69 Å². The average molecular weight is 357 g/mol. The van der Waals surface area contributed by atoms with E-state index in [1.54, 1.807) is 6.20 Å². The zero-order valence-corrected chi connectivity index (χ0v) is 15.2. The minimum Gasteiger partial charge on any atom is -0.314 e. The predicted molar refractivity (Wildman–Crippen MR) is 105 cm³/mol. The van der Waals surface area contributed by atoms with Crippen LogP contribution in [0.3, 0.4) is 0 Å². The van der Waals surface area contributed by atoms with Gasteiger partial charge in [0.2, 0.25) is 5.95 Å². The van der Waals surface area contributed by atoms with Gasteiger partial charge in [-0.15, -0.1) is 0 Å². The molecule has 134 valence electrons. The number of fused-ring (bicyclic) bond motifs is 1. The van der Waals surface area contributed by atoms with Crippen LogP contribution in [0.25, 0.3) is 17.0 Å². The first kappa shape index (κ1) is 16.9. The Balaban J connectivity index is 1.71. The number of aromatic nitrogens is 4. The number of aryl methyl sites for hydroxylation is 1. The number of carbonyl (C=O) groups is 1. The molecule has 3 aromatic heterocycles. The molecule has 0 aliphatic carbocycles. The third kappa shape index (κ3) is 3.17. The van der Waals surface area contributed by atoms with Crippen LogP contribution in [0.5, 0.6) is 0 Å². The van der Waals surface area contributed by atoms with Gasteiger partial charge in [-0.25, -0.2) is 15.0 Å². The van der Waals surface area contributed by atoms with Gasteiger partial charge in [0.15, 0.2) is 0 Å². The quantitative estimate of drug-likeness (QED) is 0.511. The van der Waals surface area contributed by atoms with Gasteiger partial charge in [0.1, 0.15) is 11.9 Å². The van der Waals surface area contributed by atoms with Crippen LogP contribution in [0.4, 0.5) is 11.6 Å². The summed E-state index contributed by atoms with van der Waals surface area (Å²) in [6.07, 6.45) is 5.08. The van der Waals surface area contributed by atoms with E-state index in [0.29, 0.717) is 12.4 Å². The number of benzene rings is 1. The number of anilines is 2. The summed E-state index contributed by atoms with van der Waals surface area (Å²) in [6, 6.07) is 15.6. The second kappa shape index (κ2) is 6.99. The van der Waals surface area contributed by atoms with Crippen LogP contribution in [0.2, 0.25) is 0 Å². The van der Waals surface area contributed by atoms with Gasteiger partial charge in [0, 0.05) is 31.5 Å². The molecule has 0 aliphatic rings. The van der Waals surface area contributed by atoms with Gasteiger partial charge in [-0.2, -0.15) is 0 Å². The Labute approximate surface area is 157 Å². The molecule has 0 spiro atoms. The molecular formula is C21H19N5O. The highest BCUT2D eigenvalue weighted by atomic mass is 16.1. The monoisotopic (exact) mass is 357 g/mol. The lowest BCUT2D eigenvalue weighted by molar-refractivity contribution is -0.107. The minimum absolute atomic E-state index is 0.420. The first-order valence-corrected chi connectivity index (χ1v) is 8.71. The van der Waals surface area contributed by atoms with Gasteiger partial charge in [0.25, 0.3) is 0 Å². The number of hydrogen-bond donors (Lipinski definition) is 0. The van der Waals surface area contributed by atoms with E-state index < -0.39 is 0 Å². The molecule has 0 atom stereocenters. The molecule has 0 unspecified atom stereocenters. The number of rotatable bonds is 5. The van der Waals surface area contributed by atoms with Crippen molar-refractivity contribution in [1.82, 2.24) is 19.4 Å². The summed E-state index contributed by atoms with van der Waals surface area (Å²) >= 11 is 0. The molecule has 0 saturated carbocycles. The highest BCUT2D eigenvalue weighted by molar-refractivity contribution is 5.66. The highest BCUT2D eigenvalue weighted by Gasteiger charge is 2.14. The Morgan fingerprint density at radius 3 is 2.67 bits per heavy atom. The lowest BCUT2D eigenvalue weighted by Crippen LogP contribution is -2.13. The topological polar surface area (TPSA) is 63.4 Å². The summed E-state index contributed by atoms with van der Waals surface area (Å²) in [5, 5.41) is 0. The Hall–Kier alpha value is -3.54. The molecule has 4 rings (SSSR count). The van der Waals surface area contributed by atoms with Crippen molar-refractivity contribution >= 4 is 23.6 Å². The van der Waals surface area contributed by atoms with E-state index in [4.69, 9.17) is 4.98 Å². The smallest absolute Gasteiger partial charge is 0.230 e. The molecule has 0 saturated heterocycles. The lowest BCUT2D eigenvalue weighted by atomic mass is 10.1. The van der Waals surface area contributed by atoms with E-state index in [2.05, 4.69) is 9.97 Å². The molecule has 0 fully saturated rings. The van der Waals surface area contributed by atoms with Crippen LogP contribution in [0.1, 0.15) is 11.3 Å². The van der Waals surface area contributed by atoms with E-state index in [1.165, 1.54) is 0 Å². The Kier molecular flexibility index (Phi) is 4.38. The second-order valence-electron chi connectivity index (χ2n) is 6.31. The lowest BCUT2D eigenvalue weighted by Gasteiger charge is -2.18. The zero-order valence-electron chi connectivity index (χ0n) is 15.2. The molecule has 1 aromatic carbocycles. The minimum atomic E-state index is 0.420. The zero-order chi connectivity index (χ0) is 18.8. The number of hydrogen-bond acceptors (Lipinski definition) is 5. The van der Waals surface area contributed by atoms with Gasteiger partial charge >= 0.3 is 0 Å². The van der Waals surface area contributed by atoms with Gasteiger partial charge in [0.05, 0.1) is 17.1 Å². The van der Waals surface area contributed by atoms with Crippen molar-refractivity contribution in [3.8, 4) is 11.4 Å². The maximum absolute atomic E-state index is 10.6. The number of carbonyl (C=O) groups excluding carboxylic acids is 1. The predicted octanol–water partition coefficient (Wildman–Crippen LogP) is 3.61. The summed E-state index contributed by atoms with van der Waals surface area (Å²) in [7, 11) is 1.93. The molecule has 0 bridgehead atoms. The summed E-state index contributed by atoms with van der Waals surface area (Å²) in [5.41, 5.74) is 5.54. The summed E-state index contributed by atoms with van der Waals surface area (Å²) in [6.45, 7) is 1.99. The Morgan fingerprint density at radius 2 is 1.89 bits per heavy atom. The normalized spacial score (nSPS) is 10.9. The van der Waals surface area contributed by atoms with E-state index in [1.807, 2.05) is 78.0 Å².